The Hall–Kier alpha value is -1.13. The van der Waals surface area contributed by atoms with E-state index >= 15 is 0 Å². The molecule has 4 nitrogen and oxygen atoms in total. The number of piperidine rings is 1. The predicted molar refractivity (Wildman–Crippen MR) is 78.1 cm³/mol. The van der Waals surface area contributed by atoms with Crippen molar-refractivity contribution in [2.45, 2.75) is 57.4 Å². The Morgan fingerprint density at radius 3 is 2.85 bits per heavy atom. The van der Waals surface area contributed by atoms with Gasteiger partial charge in [-0.3, -0.25) is 4.79 Å². The van der Waals surface area contributed by atoms with Crippen LogP contribution in [0.15, 0.2) is 23.8 Å². The van der Waals surface area contributed by atoms with Crippen LogP contribution in [0.2, 0.25) is 0 Å². The molecule has 0 saturated carbocycles. The number of carbonyl (C=O) groups is 1. The minimum atomic E-state index is -0.532. The molecular weight excluding hydrogens is 252 g/mol. The molecule has 0 aromatic carbocycles. The molecule has 4 heteroatoms. The highest BCUT2D eigenvalue weighted by Crippen LogP contribution is 2.43. The molecule has 0 aromatic heterocycles. The summed E-state index contributed by atoms with van der Waals surface area (Å²) in [7, 11) is 0. The van der Waals surface area contributed by atoms with Crippen molar-refractivity contribution in [1.82, 2.24) is 10.2 Å². The molecule has 0 aliphatic carbocycles. The van der Waals surface area contributed by atoms with E-state index in [2.05, 4.69) is 18.3 Å². The number of nitrogens with one attached hydrogen (secondary N) is 1. The minimum absolute atomic E-state index is 0.000411. The molecule has 1 N–H and O–H groups in total. The van der Waals surface area contributed by atoms with Crippen LogP contribution in [0, 0.1) is 0 Å². The molecule has 3 heterocycles. The van der Waals surface area contributed by atoms with E-state index in [1.165, 1.54) is 5.57 Å². The van der Waals surface area contributed by atoms with Crippen molar-refractivity contribution < 1.29 is 9.53 Å². The van der Waals surface area contributed by atoms with E-state index in [1.807, 2.05) is 24.0 Å². The Bertz CT molecular complexity index is 449. The maximum Gasteiger partial charge on any atom is 0.257 e. The van der Waals surface area contributed by atoms with Gasteiger partial charge in [-0.1, -0.05) is 23.8 Å². The Balaban J connectivity index is 1.81. The van der Waals surface area contributed by atoms with Crippen LogP contribution < -0.4 is 5.32 Å². The summed E-state index contributed by atoms with van der Waals surface area (Å²) in [5, 5.41) is 3.31. The van der Waals surface area contributed by atoms with E-state index in [0.717, 1.165) is 38.8 Å². The van der Waals surface area contributed by atoms with Gasteiger partial charge in [0.2, 0.25) is 0 Å². The third-order valence-corrected chi connectivity index (χ3v) is 4.81. The van der Waals surface area contributed by atoms with E-state index < -0.39 is 5.60 Å². The highest BCUT2D eigenvalue weighted by Gasteiger charge is 2.57. The zero-order chi connectivity index (χ0) is 14.2. The van der Waals surface area contributed by atoms with Crippen LogP contribution in [-0.2, 0) is 9.53 Å². The zero-order valence-electron chi connectivity index (χ0n) is 12.4. The topological polar surface area (TPSA) is 41.6 Å². The summed E-state index contributed by atoms with van der Waals surface area (Å²) >= 11 is 0. The number of ether oxygens (including phenoxy) is 1. The first-order chi connectivity index (χ1) is 9.68. The summed E-state index contributed by atoms with van der Waals surface area (Å²) in [6.45, 7) is 5.89. The van der Waals surface area contributed by atoms with Gasteiger partial charge in [0.25, 0.3) is 5.91 Å². The fraction of sp³-hybridized carbons (Fsp3) is 0.688. The largest absolute Gasteiger partial charge is 0.342 e. The average molecular weight is 276 g/mol. The quantitative estimate of drug-likeness (QED) is 0.784. The molecule has 3 rings (SSSR count). The van der Waals surface area contributed by atoms with Crippen molar-refractivity contribution in [2.24, 2.45) is 0 Å². The summed E-state index contributed by atoms with van der Waals surface area (Å²) in [5.74, 6) is 0.222. The summed E-state index contributed by atoms with van der Waals surface area (Å²) in [6.07, 6.45) is 9.79. The van der Waals surface area contributed by atoms with Crippen LogP contribution in [-0.4, -0.2) is 41.8 Å². The number of fused-ring (bicyclic) bond motifs is 1. The summed E-state index contributed by atoms with van der Waals surface area (Å²) in [4.78, 5) is 14.9. The second kappa shape index (κ2) is 5.34. The van der Waals surface area contributed by atoms with E-state index in [-0.39, 0.29) is 18.2 Å². The van der Waals surface area contributed by atoms with Crippen LogP contribution in [0.25, 0.3) is 0 Å². The Kier molecular flexibility index (Phi) is 3.69. The SMILES string of the molecule is C/C=C\C=C(/C)C1CCC2OC3(CCNCC3)C(=O)N21. The lowest BCUT2D eigenvalue weighted by Gasteiger charge is -2.32. The number of amides is 1. The number of hydrogen-bond acceptors (Lipinski definition) is 3. The average Bonchev–Trinajstić information content (AvgIpc) is 2.97. The molecule has 3 aliphatic heterocycles. The Morgan fingerprint density at radius 2 is 2.15 bits per heavy atom. The highest BCUT2D eigenvalue weighted by atomic mass is 16.6. The first-order valence-corrected chi connectivity index (χ1v) is 7.69. The highest BCUT2D eigenvalue weighted by molar-refractivity contribution is 5.88. The van der Waals surface area contributed by atoms with E-state index in [0.29, 0.717) is 0 Å². The van der Waals surface area contributed by atoms with Gasteiger partial charge < -0.3 is 15.0 Å². The molecule has 3 saturated heterocycles. The van der Waals surface area contributed by atoms with Gasteiger partial charge in [-0.05, 0) is 52.6 Å². The number of rotatable bonds is 2. The molecule has 1 spiro atoms. The molecule has 110 valence electrons. The van der Waals surface area contributed by atoms with E-state index in [4.69, 9.17) is 4.74 Å². The number of nitrogens with zero attached hydrogens (tertiary/aromatic N) is 1. The van der Waals surface area contributed by atoms with Crippen LogP contribution in [0.5, 0.6) is 0 Å². The maximum atomic E-state index is 12.9. The van der Waals surface area contributed by atoms with E-state index in [9.17, 15) is 4.79 Å². The van der Waals surface area contributed by atoms with Crippen LogP contribution in [0.3, 0.4) is 0 Å². The summed E-state index contributed by atoms with van der Waals surface area (Å²) < 4.78 is 6.20. The lowest BCUT2D eigenvalue weighted by atomic mass is 9.90. The van der Waals surface area contributed by atoms with Crippen molar-refractivity contribution in [3.8, 4) is 0 Å². The third-order valence-electron chi connectivity index (χ3n) is 4.81. The van der Waals surface area contributed by atoms with Gasteiger partial charge in [0.15, 0.2) is 5.60 Å². The van der Waals surface area contributed by atoms with Gasteiger partial charge in [-0.15, -0.1) is 0 Å². The molecular formula is C16H24N2O2. The minimum Gasteiger partial charge on any atom is -0.342 e. The lowest BCUT2D eigenvalue weighted by molar-refractivity contribution is -0.140. The second-order valence-corrected chi connectivity index (χ2v) is 6.06. The van der Waals surface area contributed by atoms with Crippen molar-refractivity contribution in [2.75, 3.05) is 13.1 Å². The van der Waals surface area contributed by atoms with Crippen LogP contribution in [0.4, 0.5) is 0 Å². The third kappa shape index (κ3) is 2.11. The molecule has 2 atom stereocenters. The maximum absolute atomic E-state index is 12.9. The molecule has 0 bridgehead atoms. The van der Waals surface area contributed by atoms with Crippen LogP contribution in [0.1, 0.15) is 39.5 Å². The zero-order valence-corrected chi connectivity index (χ0v) is 12.4. The van der Waals surface area contributed by atoms with E-state index in [1.54, 1.807) is 0 Å². The second-order valence-electron chi connectivity index (χ2n) is 6.06. The number of hydrogen-bond donors (Lipinski definition) is 1. The fourth-order valence-corrected chi connectivity index (χ4v) is 3.68. The van der Waals surface area contributed by atoms with Gasteiger partial charge in [-0.2, -0.15) is 0 Å². The molecule has 20 heavy (non-hydrogen) atoms. The lowest BCUT2D eigenvalue weighted by Crippen LogP contribution is -2.50. The molecule has 0 radical (unpaired) electrons. The first kappa shape index (κ1) is 13.8. The fourth-order valence-electron chi connectivity index (χ4n) is 3.68. The smallest absolute Gasteiger partial charge is 0.257 e. The van der Waals surface area contributed by atoms with Crippen molar-refractivity contribution in [3.05, 3.63) is 23.8 Å². The van der Waals surface area contributed by atoms with Gasteiger partial charge in [0, 0.05) is 0 Å². The number of allylic oxidation sites excluding steroid dienone is 3. The normalized spacial score (nSPS) is 33.4. The Labute approximate surface area is 120 Å². The predicted octanol–water partition coefficient (Wildman–Crippen LogP) is 1.98. The van der Waals surface area contributed by atoms with Gasteiger partial charge >= 0.3 is 0 Å². The van der Waals surface area contributed by atoms with Gasteiger partial charge in [0.1, 0.15) is 6.23 Å². The molecule has 1 amide bonds. The molecule has 3 aliphatic rings. The standard InChI is InChI=1S/C16H24N2O2/c1-3-4-5-12(2)13-6-7-14-18(13)15(19)16(20-14)8-10-17-11-9-16/h3-5,13-14,17H,6-11H2,1-2H3/b4-3-,12-5+. The monoisotopic (exact) mass is 276 g/mol. The molecule has 3 fully saturated rings. The molecule has 0 aromatic rings. The van der Waals surface area contributed by atoms with Crippen molar-refractivity contribution in [3.63, 3.8) is 0 Å². The summed E-state index contributed by atoms with van der Waals surface area (Å²) in [6, 6.07) is 0.220. The van der Waals surface area contributed by atoms with Crippen molar-refractivity contribution >= 4 is 5.91 Å². The van der Waals surface area contributed by atoms with Crippen molar-refractivity contribution in [1.29, 1.82) is 0 Å². The van der Waals surface area contributed by atoms with Crippen LogP contribution >= 0.6 is 0 Å². The Morgan fingerprint density at radius 1 is 1.40 bits per heavy atom. The summed E-state index contributed by atoms with van der Waals surface area (Å²) in [5.41, 5.74) is 0.726. The first-order valence-electron chi connectivity index (χ1n) is 7.69. The van der Waals surface area contributed by atoms with Gasteiger partial charge in [-0.25, -0.2) is 0 Å². The number of carbonyl (C=O) groups excluding carboxylic acids is 1. The van der Waals surface area contributed by atoms with Gasteiger partial charge in [0.05, 0.1) is 6.04 Å². The molecule has 2 unspecified atom stereocenters.